The van der Waals surface area contributed by atoms with Crippen molar-refractivity contribution < 1.29 is 0 Å². The van der Waals surface area contributed by atoms with Gasteiger partial charge in [0.2, 0.25) is 5.95 Å². The van der Waals surface area contributed by atoms with Gasteiger partial charge in [0.15, 0.2) is 0 Å². The second kappa shape index (κ2) is 9.07. The van der Waals surface area contributed by atoms with Crippen molar-refractivity contribution in [3.8, 4) is 39.7 Å². The third-order valence-corrected chi connectivity index (χ3v) is 7.56. The Kier molecular flexibility index (Phi) is 5.10. The molecule has 0 saturated heterocycles. The smallest absolute Gasteiger partial charge is 0.235 e. The average Bonchev–Trinajstić information content (AvgIpc) is 3.55. The van der Waals surface area contributed by atoms with Crippen LogP contribution in [0.25, 0.3) is 67.0 Å². The van der Waals surface area contributed by atoms with E-state index in [1.807, 2.05) is 12.1 Å². The molecule has 4 aromatic carbocycles. The summed E-state index contributed by atoms with van der Waals surface area (Å²) in [5.41, 5.74) is 9.54. The number of pyridine rings is 1. The molecule has 4 heteroatoms. The van der Waals surface area contributed by atoms with E-state index in [1.54, 1.807) is 0 Å². The highest BCUT2D eigenvalue weighted by Gasteiger charge is 2.24. The highest BCUT2D eigenvalue weighted by molar-refractivity contribution is 6.20. The summed E-state index contributed by atoms with van der Waals surface area (Å²) in [6, 6.07) is 48.3. The predicted molar refractivity (Wildman–Crippen MR) is 164 cm³/mol. The fraction of sp³-hybridized carbons (Fsp3) is 0. The van der Waals surface area contributed by atoms with Crippen molar-refractivity contribution in [3.05, 3.63) is 146 Å². The minimum Gasteiger partial charge on any atom is -0.314 e. The summed E-state index contributed by atoms with van der Waals surface area (Å²) >= 11 is 0. The molecule has 0 aliphatic carbocycles. The van der Waals surface area contributed by atoms with E-state index in [1.165, 1.54) is 22.0 Å². The molecule has 4 heterocycles. The van der Waals surface area contributed by atoms with E-state index in [0.29, 0.717) is 5.95 Å². The van der Waals surface area contributed by atoms with Crippen molar-refractivity contribution >= 4 is 27.3 Å². The molecule has 0 fully saturated rings. The van der Waals surface area contributed by atoms with Gasteiger partial charge in [-0.15, -0.1) is 0 Å². The topological polar surface area (TPSA) is 35.1 Å². The van der Waals surface area contributed by atoms with Gasteiger partial charge in [0.25, 0.3) is 0 Å². The minimum atomic E-state index is 0.655. The molecular formula is C36H24N4. The number of para-hydroxylation sites is 1. The number of benzene rings is 4. The van der Waals surface area contributed by atoms with Crippen LogP contribution in [-0.4, -0.2) is 18.9 Å². The number of hydrogen-bond acceptors (Lipinski definition) is 2. The molecule has 0 amide bonds. The summed E-state index contributed by atoms with van der Waals surface area (Å²) in [6.07, 6.45) is 2.15. The molecule has 0 aliphatic heterocycles. The van der Waals surface area contributed by atoms with Crippen molar-refractivity contribution in [3.63, 3.8) is 0 Å². The molecule has 8 rings (SSSR count). The first-order valence-corrected chi connectivity index (χ1v) is 13.4. The first-order chi connectivity index (χ1) is 19.9. The van der Waals surface area contributed by atoms with Crippen LogP contribution < -0.4 is 0 Å². The van der Waals surface area contributed by atoms with Crippen LogP contribution in [0, 0.1) is 0 Å². The highest BCUT2D eigenvalue weighted by Crippen LogP contribution is 2.42. The van der Waals surface area contributed by atoms with Gasteiger partial charge in [-0.3, -0.25) is 4.57 Å². The molecule has 0 N–H and O–H groups in total. The van der Waals surface area contributed by atoms with E-state index in [-0.39, 0.29) is 0 Å². The van der Waals surface area contributed by atoms with Crippen LogP contribution in [0.1, 0.15) is 0 Å². The van der Waals surface area contributed by atoms with Crippen LogP contribution in [0.15, 0.2) is 146 Å². The Morgan fingerprint density at radius 1 is 0.475 bits per heavy atom. The fourth-order valence-corrected chi connectivity index (χ4v) is 5.81. The number of aromatic nitrogens is 4. The van der Waals surface area contributed by atoms with Crippen molar-refractivity contribution in [2.75, 3.05) is 0 Å². The maximum atomic E-state index is 5.20. The lowest BCUT2D eigenvalue weighted by atomic mass is 10.1. The van der Waals surface area contributed by atoms with Crippen molar-refractivity contribution in [2.45, 2.75) is 0 Å². The summed E-state index contributed by atoms with van der Waals surface area (Å²) in [5.74, 6) is 0.655. The summed E-state index contributed by atoms with van der Waals surface area (Å²) in [4.78, 5) is 10.4. The van der Waals surface area contributed by atoms with E-state index in [4.69, 9.17) is 9.97 Å². The van der Waals surface area contributed by atoms with E-state index in [2.05, 4.69) is 143 Å². The highest BCUT2D eigenvalue weighted by atomic mass is 15.2. The van der Waals surface area contributed by atoms with Crippen LogP contribution in [-0.2, 0) is 0 Å². The lowest BCUT2D eigenvalue weighted by Gasteiger charge is -2.12. The number of nitrogens with zero attached hydrogens (tertiary/aromatic N) is 4. The van der Waals surface area contributed by atoms with Gasteiger partial charge in [0, 0.05) is 28.1 Å². The van der Waals surface area contributed by atoms with E-state index >= 15 is 0 Å². The monoisotopic (exact) mass is 512 g/mol. The van der Waals surface area contributed by atoms with Gasteiger partial charge in [0.1, 0.15) is 0 Å². The van der Waals surface area contributed by atoms with Crippen LogP contribution in [0.4, 0.5) is 0 Å². The van der Waals surface area contributed by atoms with Crippen molar-refractivity contribution in [1.82, 2.24) is 18.9 Å². The van der Waals surface area contributed by atoms with Gasteiger partial charge >= 0.3 is 0 Å². The van der Waals surface area contributed by atoms with Gasteiger partial charge in [-0.05, 0) is 29.8 Å². The van der Waals surface area contributed by atoms with Crippen LogP contribution >= 0.6 is 0 Å². The maximum absolute atomic E-state index is 5.20. The second-order valence-corrected chi connectivity index (χ2v) is 9.92. The maximum Gasteiger partial charge on any atom is 0.235 e. The average molecular weight is 513 g/mol. The van der Waals surface area contributed by atoms with Crippen LogP contribution in [0.5, 0.6) is 0 Å². The molecule has 4 aromatic heterocycles. The molecule has 0 spiro atoms. The molecule has 188 valence electrons. The van der Waals surface area contributed by atoms with E-state index in [0.717, 1.165) is 39.1 Å². The molecule has 40 heavy (non-hydrogen) atoms. The van der Waals surface area contributed by atoms with Gasteiger partial charge in [-0.2, -0.15) is 0 Å². The van der Waals surface area contributed by atoms with Crippen molar-refractivity contribution in [2.24, 2.45) is 0 Å². The Bertz CT molecular complexity index is 2080. The molecule has 4 nitrogen and oxygen atoms in total. The lowest BCUT2D eigenvalue weighted by Crippen LogP contribution is -2.04. The standard InChI is InChI=1S/C36H24N4/c1-4-14-25(15-5-1)29-24-30(26-16-6-2-7-17-26)38-36(37-29)40-31-21-11-10-20-28(31)33-34(27-18-8-3-9-19-27)39-23-13-12-22-32(39)35(33)40/h1-24H. The largest absolute Gasteiger partial charge is 0.314 e. The molecule has 0 radical (unpaired) electrons. The molecule has 0 bridgehead atoms. The quantitative estimate of drug-likeness (QED) is 0.236. The Hall–Kier alpha value is -5.48. The van der Waals surface area contributed by atoms with Gasteiger partial charge < -0.3 is 4.40 Å². The SMILES string of the molecule is c1ccc(-c2cc(-c3ccccc3)nc(-n3c4ccccc4c4c(-c5ccccc5)n5ccccc5c43)n2)cc1. The number of hydrogen-bond donors (Lipinski definition) is 0. The predicted octanol–water partition coefficient (Wildman–Crippen LogP) is 8.83. The third kappa shape index (κ3) is 3.47. The summed E-state index contributed by atoms with van der Waals surface area (Å²) in [7, 11) is 0. The zero-order valence-corrected chi connectivity index (χ0v) is 21.6. The van der Waals surface area contributed by atoms with Crippen LogP contribution in [0.3, 0.4) is 0 Å². The molecule has 0 aliphatic rings. The van der Waals surface area contributed by atoms with Gasteiger partial charge in [-0.1, -0.05) is 115 Å². The van der Waals surface area contributed by atoms with Crippen molar-refractivity contribution in [1.29, 1.82) is 0 Å². The Balaban J connectivity index is 1.53. The van der Waals surface area contributed by atoms with E-state index < -0.39 is 0 Å². The van der Waals surface area contributed by atoms with Gasteiger partial charge in [0.05, 0.1) is 33.6 Å². The van der Waals surface area contributed by atoms with E-state index in [9.17, 15) is 0 Å². The number of fused-ring (bicyclic) bond motifs is 5. The zero-order chi connectivity index (χ0) is 26.5. The molecule has 0 unspecified atom stereocenters. The first kappa shape index (κ1) is 22.5. The molecular weight excluding hydrogens is 488 g/mol. The zero-order valence-electron chi connectivity index (χ0n) is 21.6. The Morgan fingerprint density at radius 2 is 1.00 bits per heavy atom. The van der Waals surface area contributed by atoms with Crippen LogP contribution in [0.2, 0.25) is 0 Å². The molecule has 0 atom stereocenters. The Labute approximate surface area is 231 Å². The molecule has 8 aromatic rings. The molecule has 0 saturated carbocycles. The van der Waals surface area contributed by atoms with Gasteiger partial charge in [-0.25, -0.2) is 9.97 Å². The normalized spacial score (nSPS) is 11.5. The number of rotatable bonds is 4. The first-order valence-electron chi connectivity index (χ1n) is 13.4. The Morgan fingerprint density at radius 3 is 1.65 bits per heavy atom. The summed E-state index contributed by atoms with van der Waals surface area (Å²) in [6.45, 7) is 0. The lowest BCUT2D eigenvalue weighted by molar-refractivity contribution is 0.996. The summed E-state index contributed by atoms with van der Waals surface area (Å²) in [5, 5.41) is 2.37. The second-order valence-electron chi connectivity index (χ2n) is 9.92. The minimum absolute atomic E-state index is 0.655. The third-order valence-electron chi connectivity index (χ3n) is 7.56. The summed E-state index contributed by atoms with van der Waals surface area (Å²) < 4.78 is 4.54. The fourth-order valence-electron chi connectivity index (χ4n) is 5.81.